The predicted octanol–water partition coefficient (Wildman–Crippen LogP) is 4.26. The van der Waals surface area contributed by atoms with Gasteiger partial charge >= 0.3 is 0 Å². The predicted molar refractivity (Wildman–Crippen MR) is 81.5 cm³/mol. The molecule has 0 atom stereocenters. The number of halogens is 1. The third-order valence-electron chi connectivity index (χ3n) is 2.77. The Morgan fingerprint density at radius 2 is 1.85 bits per heavy atom. The number of para-hydroxylation sites is 1. The van der Waals surface area contributed by atoms with Crippen molar-refractivity contribution in [2.45, 2.75) is 18.2 Å². The summed E-state index contributed by atoms with van der Waals surface area (Å²) in [5.41, 5.74) is 1.45. The quantitative estimate of drug-likeness (QED) is 0.833. The van der Waals surface area contributed by atoms with Crippen LogP contribution < -0.4 is 5.32 Å². The van der Waals surface area contributed by atoms with Crippen LogP contribution in [0.2, 0.25) is 0 Å². The summed E-state index contributed by atoms with van der Waals surface area (Å²) >= 11 is 1.62. The van der Waals surface area contributed by atoms with Crippen molar-refractivity contribution in [2.75, 3.05) is 11.1 Å². The molecule has 0 unspecified atom stereocenters. The Kier molecular flexibility index (Phi) is 5.18. The third kappa shape index (κ3) is 4.38. The van der Waals surface area contributed by atoms with E-state index < -0.39 is 5.82 Å². The average Bonchev–Trinajstić information content (AvgIpc) is 2.44. The van der Waals surface area contributed by atoms with Crippen LogP contribution in [0.4, 0.5) is 10.1 Å². The molecule has 4 heteroatoms. The smallest absolute Gasteiger partial charge is 0.225 e. The lowest BCUT2D eigenvalue weighted by Crippen LogP contribution is -2.13. The van der Waals surface area contributed by atoms with Crippen molar-refractivity contribution < 1.29 is 9.18 Å². The van der Waals surface area contributed by atoms with Gasteiger partial charge in [0, 0.05) is 17.1 Å². The maximum Gasteiger partial charge on any atom is 0.225 e. The maximum absolute atomic E-state index is 13.4. The Morgan fingerprint density at radius 1 is 1.15 bits per heavy atom. The molecule has 0 radical (unpaired) electrons. The minimum Gasteiger partial charge on any atom is -0.324 e. The van der Waals surface area contributed by atoms with Gasteiger partial charge in [0.25, 0.3) is 0 Å². The van der Waals surface area contributed by atoms with Crippen LogP contribution in [0.3, 0.4) is 0 Å². The molecule has 0 fully saturated rings. The van der Waals surface area contributed by atoms with E-state index in [9.17, 15) is 9.18 Å². The van der Waals surface area contributed by atoms with Crippen LogP contribution >= 0.6 is 11.8 Å². The zero-order valence-electron chi connectivity index (χ0n) is 11.2. The number of hydrogen-bond acceptors (Lipinski definition) is 2. The SMILES string of the molecule is Cc1ccc(SCCC(=O)Nc2ccccc2F)cc1. The van der Waals surface area contributed by atoms with Gasteiger partial charge in [-0.2, -0.15) is 0 Å². The molecule has 2 rings (SSSR count). The number of hydrogen-bond donors (Lipinski definition) is 1. The second kappa shape index (κ2) is 7.10. The van der Waals surface area contributed by atoms with Gasteiger partial charge in [-0.1, -0.05) is 29.8 Å². The van der Waals surface area contributed by atoms with Crippen molar-refractivity contribution in [1.82, 2.24) is 0 Å². The number of benzene rings is 2. The molecular formula is C16H16FNOS. The van der Waals surface area contributed by atoms with Gasteiger partial charge in [0.05, 0.1) is 5.69 Å². The number of anilines is 1. The molecule has 0 aliphatic rings. The minimum atomic E-state index is -0.410. The van der Waals surface area contributed by atoms with E-state index in [1.165, 1.54) is 11.6 Å². The Morgan fingerprint density at radius 3 is 2.55 bits per heavy atom. The fraction of sp³-hybridized carbons (Fsp3) is 0.188. The monoisotopic (exact) mass is 289 g/mol. The number of rotatable bonds is 5. The van der Waals surface area contributed by atoms with Crippen LogP contribution in [0, 0.1) is 12.7 Å². The molecule has 0 bridgehead atoms. The number of amides is 1. The van der Waals surface area contributed by atoms with Gasteiger partial charge in [0.2, 0.25) is 5.91 Å². The fourth-order valence-electron chi connectivity index (χ4n) is 1.67. The zero-order valence-corrected chi connectivity index (χ0v) is 12.0. The van der Waals surface area contributed by atoms with Crippen molar-refractivity contribution in [3.63, 3.8) is 0 Å². The highest BCUT2D eigenvalue weighted by molar-refractivity contribution is 7.99. The van der Waals surface area contributed by atoms with E-state index in [0.29, 0.717) is 12.2 Å². The lowest BCUT2D eigenvalue weighted by Gasteiger charge is -2.06. The summed E-state index contributed by atoms with van der Waals surface area (Å²) in [7, 11) is 0. The largest absolute Gasteiger partial charge is 0.324 e. The third-order valence-corrected chi connectivity index (χ3v) is 3.78. The van der Waals surface area contributed by atoms with E-state index >= 15 is 0 Å². The molecule has 0 aliphatic heterocycles. The lowest BCUT2D eigenvalue weighted by molar-refractivity contribution is -0.115. The normalized spacial score (nSPS) is 10.3. The molecule has 1 amide bonds. The standard InChI is InChI=1S/C16H16FNOS/c1-12-6-8-13(9-7-12)20-11-10-16(19)18-15-5-3-2-4-14(15)17/h2-9H,10-11H2,1H3,(H,18,19). The minimum absolute atomic E-state index is 0.172. The van der Waals surface area contributed by atoms with E-state index in [-0.39, 0.29) is 11.6 Å². The van der Waals surface area contributed by atoms with Gasteiger partial charge in [0.15, 0.2) is 0 Å². The first kappa shape index (κ1) is 14.6. The molecule has 0 aliphatic carbocycles. The first-order valence-corrected chi connectivity index (χ1v) is 7.37. The Labute approximate surface area is 122 Å². The molecule has 0 saturated carbocycles. The summed E-state index contributed by atoms with van der Waals surface area (Å²) in [5, 5.41) is 2.58. The van der Waals surface area contributed by atoms with E-state index in [4.69, 9.17) is 0 Å². The van der Waals surface area contributed by atoms with Crippen LogP contribution in [-0.2, 0) is 4.79 Å². The highest BCUT2D eigenvalue weighted by Gasteiger charge is 2.06. The molecule has 20 heavy (non-hydrogen) atoms. The van der Waals surface area contributed by atoms with E-state index in [0.717, 1.165) is 4.90 Å². The second-order valence-corrected chi connectivity index (χ2v) is 5.61. The van der Waals surface area contributed by atoms with Crippen LogP contribution in [0.25, 0.3) is 0 Å². The first-order valence-electron chi connectivity index (χ1n) is 6.39. The van der Waals surface area contributed by atoms with Gasteiger partial charge in [-0.05, 0) is 31.2 Å². The summed E-state index contributed by atoms with van der Waals surface area (Å²) in [6.45, 7) is 2.04. The van der Waals surface area contributed by atoms with Crippen molar-refractivity contribution >= 4 is 23.4 Å². The molecule has 2 aromatic rings. The average molecular weight is 289 g/mol. The molecule has 104 valence electrons. The Bertz CT molecular complexity index is 583. The first-order chi connectivity index (χ1) is 9.65. The van der Waals surface area contributed by atoms with E-state index in [2.05, 4.69) is 5.32 Å². The Balaban J connectivity index is 1.78. The second-order valence-electron chi connectivity index (χ2n) is 4.44. The number of nitrogens with one attached hydrogen (secondary N) is 1. The molecule has 0 aromatic heterocycles. The van der Waals surface area contributed by atoms with Gasteiger partial charge < -0.3 is 5.32 Å². The van der Waals surface area contributed by atoms with Crippen molar-refractivity contribution in [3.8, 4) is 0 Å². The molecule has 2 nitrogen and oxygen atoms in total. The number of aryl methyl sites for hydroxylation is 1. The van der Waals surface area contributed by atoms with Crippen LogP contribution in [-0.4, -0.2) is 11.7 Å². The number of carbonyl (C=O) groups excluding carboxylic acids is 1. The lowest BCUT2D eigenvalue weighted by atomic mass is 10.2. The molecule has 0 spiro atoms. The molecule has 1 N–H and O–H groups in total. The van der Waals surface area contributed by atoms with Crippen LogP contribution in [0.1, 0.15) is 12.0 Å². The van der Waals surface area contributed by atoms with Gasteiger partial charge in [-0.25, -0.2) is 4.39 Å². The van der Waals surface area contributed by atoms with Gasteiger partial charge in [-0.15, -0.1) is 11.8 Å². The van der Waals surface area contributed by atoms with Gasteiger partial charge in [-0.3, -0.25) is 4.79 Å². The van der Waals surface area contributed by atoms with Gasteiger partial charge in [0.1, 0.15) is 5.82 Å². The summed E-state index contributed by atoms with van der Waals surface area (Å²) in [5.74, 6) is 0.0883. The Hall–Kier alpha value is -1.81. The van der Waals surface area contributed by atoms with Crippen molar-refractivity contribution in [2.24, 2.45) is 0 Å². The molecular weight excluding hydrogens is 273 g/mol. The topological polar surface area (TPSA) is 29.1 Å². The van der Waals surface area contributed by atoms with Crippen molar-refractivity contribution in [1.29, 1.82) is 0 Å². The maximum atomic E-state index is 13.4. The number of thioether (sulfide) groups is 1. The molecule has 0 saturated heterocycles. The summed E-state index contributed by atoms with van der Waals surface area (Å²) in [6, 6.07) is 14.3. The summed E-state index contributed by atoms with van der Waals surface area (Å²) in [4.78, 5) is 12.9. The zero-order chi connectivity index (χ0) is 14.4. The highest BCUT2D eigenvalue weighted by Crippen LogP contribution is 2.19. The summed E-state index contributed by atoms with van der Waals surface area (Å²) in [6.07, 6.45) is 0.354. The van der Waals surface area contributed by atoms with E-state index in [1.54, 1.807) is 30.0 Å². The highest BCUT2D eigenvalue weighted by atomic mass is 32.2. The van der Waals surface area contributed by atoms with Crippen LogP contribution in [0.15, 0.2) is 53.4 Å². The summed E-state index contributed by atoms with van der Waals surface area (Å²) < 4.78 is 13.4. The van der Waals surface area contributed by atoms with Crippen LogP contribution in [0.5, 0.6) is 0 Å². The van der Waals surface area contributed by atoms with E-state index in [1.807, 2.05) is 31.2 Å². The number of carbonyl (C=O) groups is 1. The fourth-order valence-corrected chi connectivity index (χ4v) is 2.52. The molecule has 2 aromatic carbocycles. The van der Waals surface area contributed by atoms with Crippen molar-refractivity contribution in [3.05, 3.63) is 59.9 Å². The molecule has 0 heterocycles.